The summed E-state index contributed by atoms with van der Waals surface area (Å²) in [5, 5.41) is 4.14. The summed E-state index contributed by atoms with van der Waals surface area (Å²) in [5.74, 6) is 0.949. The van der Waals surface area contributed by atoms with E-state index in [-0.39, 0.29) is 17.9 Å². The second-order valence-corrected chi connectivity index (χ2v) is 11.3. The zero-order valence-electron chi connectivity index (χ0n) is 20.9. The average molecular weight is 536 g/mol. The molecule has 1 aliphatic carbocycles. The highest BCUT2D eigenvalue weighted by Gasteiger charge is 2.30. The van der Waals surface area contributed by atoms with Crippen molar-refractivity contribution in [2.75, 3.05) is 5.75 Å². The second-order valence-electron chi connectivity index (χ2n) is 9.53. The lowest BCUT2D eigenvalue weighted by Gasteiger charge is -2.33. The molecule has 1 N–H and O–H groups in total. The maximum absolute atomic E-state index is 13.5. The molecule has 1 fully saturated rings. The van der Waals surface area contributed by atoms with Crippen molar-refractivity contribution in [3.63, 3.8) is 0 Å². The number of halogens is 2. The average Bonchev–Trinajstić information content (AvgIpc) is 2.81. The molecule has 0 saturated heterocycles. The van der Waals surface area contributed by atoms with E-state index in [2.05, 4.69) is 37.4 Å². The molecular weight excluding hydrogens is 499 g/mol. The molecule has 190 valence electrons. The minimum Gasteiger partial charge on any atom is -0.352 e. The lowest BCUT2D eigenvalue weighted by Crippen LogP contribution is -2.52. The molecule has 3 rings (SSSR count). The van der Waals surface area contributed by atoms with Crippen LogP contribution in [0, 0.1) is 13.8 Å². The van der Waals surface area contributed by atoms with Crippen molar-refractivity contribution >= 4 is 46.8 Å². The highest BCUT2D eigenvalue weighted by Crippen LogP contribution is 2.25. The molecular formula is C28H36Cl2N2O2S. The van der Waals surface area contributed by atoms with E-state index < -0.39 is 6.04 Å². The van der Waals surface area contributed by atoms with Gasteiger partial charge in [0.2, 0.25) is 11.8 Å². The summed E-state index contributed by atoms with van der Waals surface area (Å²) in [6.45, 7) is 6.45. The molecule has 0 aromatic heterocycles. The summed E-state index contributed by atoms with van der Waals surface area (Å²) in [6, 6.07) is 11.5. The van der Waals surface area contributed by atoms with Crippen molar-refractivity contribution in [3.8, 4) is 0 Å². The van der Waals surface area contributed by atoms with Crippen LogP contribution in [0.5, 0.6) is 0 Å². The van der Waals surface area contributed by atoms with Crippen LogP contribution in [0.15, 0.2) is 36.4 Å². The van der Waals surface area contributed by atoms with Crippen LogP contribution < -0.4 is 5.32 Å². The Balaban J connectivity index is 1.73. The molecule has 2 aromatic carbocycles. The van der Waals surface area contributed by atoms with Crippen LogP contribution in [0.25, 0.3) is 0 Å². The van der Waals surface area contributed by atoms with E-state index >= 15 is 0 Å². The number of hydrogen-bond acceptors (Lipinski definition) is 3. The van der Waals surface area contributed by atoms with Gasteiger partial charge in [-0.3, -0.25) is 9.59 Å². The van der Waals surface area contributed by atoms with Crippen molar-refractivity contribution in [3.05, 3.63) is 68.7 Å². The van der Waals surface area contributed by atoms with E-state index in [1.807, 2.05) is 13.0 Å². The third-order valence-electron chi connectivity index (χ3n) is 6.45. The largest absolute Gasteiger partial charge is 0.352 e. The first kappa shape index (κ1) is 27.9. The second kappa shape index (κ2) is 13.6. The molecule has 1 aliphatic rings. The van der Waals surface area contributed by atoms with Gasteiger partial charge < -0.3 is 10.2 Å². The lowest BCUT2D eigenvalue weighted by molar-refractivity contribution is -0.139. The van der Waals surface area contributed by atoms with Gasteiger partial charge in [-0.2, -0.15) is 0 Å². The molecule has 0 aliphatic heterocycles. The molecule has 0 bridgehead atoms. The van der Waals surface area contributed by atoms with E-state index in [9.17, 15) is 9.59 Å². The zero-order valence-corrected chi connectivity index (χ0v) is 23.2. The van der Waals surface area contributed by atoms with E-state index in [0.29, 0.717) is 28.8 Å². The van der Waals surface area contributed by atoms with E-state index in [1.54, 1.807) is 28.8 Å². The fraction of sp³-hybridized carbons (Fsp3) is 0.500. The molecule has 35 heavy (non-hydrogen) atoms. The molecule has 4 nitrogen and oxygen atoms in total. The normalized spacial score (nSPS) is 15.0. The topological polar surface area (TPSA) is 49.4 Å². The van der Waals surface area contributed by atoms with Crippen LogP contribution in [-0.2, 0) is 21.9 Å². The number of benzene rings is 2. The van der Waals surface area contributed by atoms with Crippen molar-refractivity contribution < 1.29 is 9.59 Å². The maximum Gasteiger partial charge on any atom is 0.243 e. The summed E-state index contributed by atoms with van der Waals surface area (Å²) in [4.78, 5) is 28.5. The Morgan fingerprint density at radius 3 is 2.31 bits per heavy atom. The summed E-state index contributed by atoms with van der Waals surface area (Å²) in [6.07, 6.45) is 6.07. The summed E-state index contributed by atoms with van der Waals surface area (Å²) in [5.41, 5.74) is 4.51. The monoisotopic (exact) mass is 534 g/mol. The first-order valence-electron chi connectivity index (χ1n) is 12.5. The smallest absolute Gasteiger partial charge is 0.243 e. The number of carbonyl (C=O) groups excluding carboxylic acids is 2. The molecule has 0 radical (unpaired) electrons. The Morgan fingerprint density at radius 2 is 1.69 bits per heavy atom. The number of rotatable bonds is 10. The summed E-state index contributed by atoms with van der Waals surface area (Å²) in [7, 11) is 0. The quantitative estimate of drug-likeness (QED) is 0.353. The van der Waals surface area contributed by atoms with Gasteiger partial charge in [0, 0.05) is 18.3 Å². The van der Waals surface area contributed by atoms with Gasteiger partial charge in [-0.05, 0) is 56.4 Å². The van der Waals surface area contributed by atoms with Gasteiger partial charge >= 0.3 is 0 Å². The standard InChI is InChI=1S/C28H36Cl2N2O2S/c1-4-26(28(34)31-23-8-6-5-7-9-23)32(16-21-10-11-24(29)25(30)15-21)27(33)18-35-17-22-13-19(2)12-20(3)14-22/h10-15,23,26H,4-9,16-18H2,1-3H3,(H,31,34)/t26-/m1/s1. The fourth-order valence-corrected chi connectivity index (χ4v) is 5.96. The molecule has 7 heteroatoms. The number of carbonyl (C=O) groups is 2. The SMILES string of the molecule is CC[C@H](C(=O)NC1CCCCC1)N(Cc1ccc(Cl)c(Cl)c1)C(=O)CSCc1cc(C)cc(C)c1. The predicted molar refractivity (Wildman–Crippen MR) is 148 cm³/mol. The third-order valence-corrected chi connectivity index (χ3v) is 8.18. The minimum atomic E-state index is -0.527. The van der Waals surface area contributed by atoms with Gasteiger partial charge in [-0.25, -0.2) is 0 Å². The van der Waals surface area contributed by atoms with Crippen LogP contribution >= 0.6 is 35.0 Å². The number of hydrogen-bond donors (Lipinski definition) is 1. The molecule has 0 unspecified atom stereocenters. The van der Waals surface area contributed by atoms with Gasteiger partial charge in [0.05, 0.1) is 15.8 Å². The van der Waals surface area contributed by atoms with E-state index in [4.69, 9.17) is 23.2 Å². The van der Waals surface area contributed by atoms with Crippen molar-refractivity contribution in [1.29, 1.82) is 0 Å². The van der Waals surface area contributed by atoms with E-state index in [1.165, 1.54) is 23.1 Å². The van der Waals surface area contributed by atoms with Crippen LogP contribution in [0.4, 0.5) is 0 Å². The number of amides is 2. The highest BCUT2D eigenvalue weighted by atomic mass is 35.5. The predicted octanol–water partition coefficient (Wildman–Crippen LogP) is 7.10. The molecule has 1 atom stereocenters. The van der Waals surface area contributed by atoms with Crippen molar-refractivity contribution in [2.24, 2.45) is 0 Å². The number of nitrogens with zero attached hydrogens (tertiary/aromatic N) is 1. The summed E-state index contributed by atoms with van der Waals surface area (Å²) >= 11 is 13.9. The summed E-state index contributed by atoms with van der Waals surface area (Å²) < 4.78 is 0. The molecule has 0 spiro atoms. The Hall–Kier alpha value is -1.69. The van der Waals surface area contributed by atoms with Crippen molar-refractivity contribution in [2.45, 2.75) is 83.7 Å². The Bertz CT molecular complexity index is 1000. The van der Waals surface area contributed by atoms with Gasteiger partial charge in [-0.1, -0.05) is 84.8 Å². The molecule has 2 amide bonds. The highest BCUT2D eigenvalue weighted by molar-refractivity contribution is 7.99. The number of nitrogens with one attached hydrogen (secondary N) is 1. The Labute approximate surface area is 224 Å². The first-order valence-corrected chi connectivity index (χ1v) is 14.4. The molecule has 0 heterocycles. The fourth-order valence-electron chi connectivity index (χ4n) is 4.79. The van der Waals surface area contributed by atoms with Gasteiger partial charge in [0.25, 0.3) is 0 Å². The number of aryl methyl sites for hydroxylation is 2. The zero-order chi connectivity index (χ0) is 25.4. The van der Waals surface area contributed by atoms with E-state index in [0.717, 1.165) is 37.0 Å². The van der Waals surface area contributed by atoms with Crippen molar-refractivity contribution in [1.82, 2.24) is 10.2 Å². The third kappa shape index (κ3) is 8.44. The molecule has 1 saturated carbocycles. The Kier molecular flexibility index (Phi) is 10.8. The number of thioether (sulfide) groups is 1. The van der Waals surface area contributed by atoms with Gasteiger partial charge in [0.1, 0.15) is 6.04 Å². The molecule has 2 aromatic rings. The van der Waals surface area contributed by atoms with Crippen LogP contribution in [0.2, 0.25) is 10.0 Å². The van der Waals surface area contributed by atoms with Crippen LogP contribution in [0.3, 0.4) is 0 Å². The first-order chi connectivity index (χ1) is 16.8. The van der Waals surface area contributed by atoms with Gasteiger partial charge in [0.15, 0.2) is 0 Å². The Morgan fingerprint density at radius 1 is 1.00 bits per heavy atom. The van der Waals surface area contributed by atoms with Crippen LogP contribution in [-0.4, -0.2) is 34.6 Å². The minimum absolute atomic E-state index is 0.0453. The maximum atomic E-state index is 13.5. The van der Waals surface area contributed by atoms with Crippen LogP contribution in [0.1, 0.15) is 67.7 Å². The van der Waals surface area contributed by atoms with Gasteiger partial charge in [-0.15, -0.1) is 11.8 Å². The lowest BCUT2D eigenvalue weighted by atomic mass is 9.95.